The van der Waals surface area contributed by atoms with Gasteiger partial charge in [-0.2, -0.15) is 0 Å². The standard InChI is InChI=1S/C14H21NO2/c1-9-4-3-5-11-8-12(14(16)10(2)15)6-7-13(11)17-9/h6-10,14,16H,3-5,15H2,1-2H3. The Morgan fingerprint density at radius 2 is 2.24 bits per heavy atom. The van der Waals surface area contributed by atoms with Crippen LogP contribution in [0, 0.1) is 0 Å². The lowest BCUT2D eigenvalue weighted by Crippen LogP contribution is -2.24. The molecule has 94 valence electrons. The number of fused-ring (bicyclic) bond motifs is 1. The lowest BCUT2D eigenvalue weighted by Gasteiger charge is -2.17. The Morgan fingerprint density at radius 1 is 1.47 bits per heavy atom. The Balaban J connectivity index is 2.27. The molecule has 3 unspecified atom stereocenters. The monoisotopic (exact) mass is 235 g/mol. The van der Waals surface area contributed by atoms with Gasteiger partial charge < -0.3 is 15.6 Å². The van der Waals surface area contributed by atoms with Crippen molar-refractivity contribution in [3.8, 4) is 5.75 Å². The Hall–Kier alpha value is -1.06. The van der Waals surface area contributed by atoms with Crippen molar-refractivity contribution in [3.05, 3.63) is 29.3 Å². The van der Waals surface area contributed by atoms with E-state index in [1.165, 1.54) is 5.56 Å². The summed E-state index contributed by atoms with van der Waals surface area (Å²) in [4.78, 5) is 0. The minimum atomic E-state index is -0.596. The molecule has 3 atom stereocenters. The van der Waals surface area contributed by atoms with Crippen molar-refractivity contribution in [1.29, 1.82) is 0 Å². The fourth-order valence-corrected chi connectivity index (χ4v) is 2.25. The summed E-state index contributed by atoms with van der Waals surface area (Å²) in [6.07, 6.45) is 2.91. The summed E-state index contributed by atoms with van der Waals surface area (Å²) in [5.74, 6) is 0.954. The van der Waals surface area contributed by atoms with Gasteiger partial charge in [0.05, 0.1) is 12.2 Å². The van der Waals surface area contributed by atoms with E-state index in [0.717, 1.165) is 30.6 Å². The first-order valence-electron chi connectivity index (χ1n) is 6.31. The second-order valence-corrected chi connectivity index (χ2v) is 4.99. The van der Waals surface area contributed by atoms with Crippen molar-refractivity contribution in [3.63, 3.8) is 0 Å². The zero-order valence-corrected chi connectivity index (χ0v) is 10.5. The fraction of sp³-hybridized carbons (Fsp3) is 0.571. The summed E-state index contributed by atoms with van der Waals surface area (Å²) in [6, 6.07) is 5.64. The smallest absolute Gasteiger partial charge is 0.122 e. The van der Waals surface area contributed by atoms with E-state index in [9.17, 15) is 5.11 Å². The number of rotatable bonds is 2. The Bertz CT molecular complexity index is 390. The largest absolute Gasteiger partial charge is 0.490 e. The molecule has 0 saturated carbocycles. The Morgan fingerprint density at radius 3 is 2.94 bits per heavy atom. The highest BCUT2D eigenvalue weighted by Crippen LogP contribution is 2.29. The third kappa shape index (κ3) is 2.79. The summed E-state index contributed by atoms with van der Waals surface area (Å²) >= 11 is 0. The average Bonchev–Trinajstić information content (AvgIpc) is 2.47. The van der Waals surface area contributed by atoms with Gasteiger partial charge in [-0.15, -0.1) is 0 Å². The van der Waals surface area contributed by atoms with Crippen LogP contribution in [0.2, 0.25) is 0 Å². The number of hydrogen-bond donors (Lipinski definition) is 2. The van der Waals surface area contributed by atoms with E-state index < -0.39 is 6.10 Å². The third-order valence-corrected chi connectivity index (χ3v) is 3.31. The molecule has 3 N–H and O–H groups in total. The SMILES string of the molecule is CC1CCCc2cc(C(O)C(C)N)ccc2O1. The van der Waals surface area contributed by atoms with Crippen LogP contribution in [0.25, 0.3) is 0 Å². The third-order valence-electron chi connectivity index (χ3n) is 3.31. The first-order valence-corrected chi connectivity index (χ1v) is 6.31. The average molecular weight is 235 g/mol. The second-order valence-electron chi connectivity index (χ2n) is 4.99. The Kier molecular flexibility index (Phi) is 3.69. The van der Waals surface area contributed by atoms with Gasteiger partial charge in [0, 0.05) is 6.04 Å². The van der Waals surface area contributed by atoms with Gasteiger partial charge in [-0.05, 0) is 56.4 Å². The lowest BCUT2D eigenvalue weighted by molar-refractivity contribution is 0.153. The van der Waals surface area contributed by atoms with Crippen molar-refractivity contribution in [2.45, 2.75) is 51.4 Å². The highest BCUT2D eigenvalue weighted by Gasteiger charge is 2.18. The molecule has 1 aliphatic rings. The summed E-state index contributed by atoms with van der Waals surface area (Å²) in [7, 11) is 0. The maximum Gasteiger partial charge on any atom is 0.122 e. The predicted molar refractivity (Wildman–Crippen MR) is 68.1 cm³/mol. The molecule has 0 saturated heterocycles. The van der Waals surface area contributed by atoms with Gasteiger partial charge in [0.1, 0.15) is 5.75 Å². The first-order chi connectivity index (χ1) is 8.08. The quantitative estimate of drug-likeness (QED) is 0.826. The maximum absolute atomic E-state index is 9.96. The van der Waals surface area contributed by atoms with Crippen LogP contribution in [0.4, 0.5) is 0 Å². The van der Waals surface area contributed by atoms with Crippen LogP contribution in [0.5, 0.6) is 5.75 Å². The number of nitrogens with two attached hydrogens (primary N) is 1. The van der Waals surface area contributed by atoms with E-state index in [1.54, 1.807) is 0 Å². The predicted octanol–water partition coefficient (Wildman–Crippen LogP) is 2.17. The number of aryl methyl sites for hydroxylation is 1. The minimum absolute atomic E-state index is 0.251. The molecule has 1 aromatic rings. The van der Waals surface area contributed by atoms with Crippen LogP contribution in [0.15, 0.2) is 18.2 Å². The molecule has 0 radical (unpaired) electrons. The number of aliphatic hydroxyl groups excluding tert-OH is 1. The maximum atomic E-state index is 9.96. The van der Waals surface area contributed by atoms with Crippen molar-refractivity contribution in [2.75, 3.05) is 0 Å². The molecule has 0 aromatic heterocycles. The molecule has 3 nitrogen and oxygen atoms in total. The molecular formula is C14H21NO2. The number of benzene rings is 1. The molecule has 0 aliphatic carbocycles. The molecule has 0 spiro atoms. The van der Waals surface area contributed by atoms with Crippen LogP contribution in [0.3, 0.4) is 0 Å². The summed E-state index contributed by atoms with van der Waals surface area (Å²) in [5, 5.41) is 9.96. The van der Waals surface area contributed by atoms with E-state index in [2.05, 4.69) is 6.92 Å². The second kappa shape index (κ2) is 5.07. The van der Waals surface area contributed by atoms with Crippen molar-refractivity contribution in [1.82, 2.24) is 0 Å². The lowest BCUT2D eigenvalue weighted by atomic mass is 9.99. The highest BCUT2D eigenvalue weighted by molar-refractivity contribution is 5.39. The van der Waals surface area contributed by atoms with Crippen LogP contribution < -0.4 is 10.5 Å². The molecule has 2 rings (SSSR count). The van der Waals surface area contributed by atoms with E-state index in [4.69, 9.17) is 10.5 Å². The van der Waals surface area contributed by atoms with Gasteiger partial charge in [-0.1, -0.05) is 6.07 Å². The van der Waals surface area contributed by atoms with Gasteiger partial charge in [0.2, 0.25) is 0 Å². The van der Waals surface area contributed by atoms with E-state index in [-0.39, 0.29) is 12.1 Å². The molecular weight excluding hydrogens is 214 g/mol. The van der Waals surface area contributed by atoms with Gasteiger partial charge in [0.25, 0.3) is 0 Å². The molecule has 17 heavy (non-hydrogen) atoms. The molecule has 1 aromatic carbocycles. The summed E-state index contributed by atoms with van der Waals surface area (Å²) in [5.41, 5.74) is 7.79. The summed E-state index contributed by atoms with van der Waals surface area (Å²) in [6.45, 7) is 3.91. The van der Waals surface area contributed by atoms with E-state index in [0.29, 0.717) is 0 Å². The zero-order chi connectivity index (χ0) is 12.4. The van der Waals surface area contributed by atoms with Gasteiger partial charge in [-0.25, -0.2) is 0 Å². The number of ether oxygens (including phenoxy) is 1. The van der Waals surface area contributed by atoms with Crippen LogP contribution in [0.1, 0.15) is 43.9 Å². The minimum Gasteiger partial charge on any atom is -0.490 e. The van der Waals surface area contributed by atoms with Crippen molar-refractivity contribution < 1.29 is 9.84 Å². The van der Waals surface area contributed by atoms with E-state index >= 15 is 0 Å². The van der Waals surface area contributed by atoms with Crippen molar-refractivity contribution >= 4 is 0 Å². The number of hydrogen-bond acceptors (Lipinski definition) is 3. The molecule has 0 bridgehead atoms. The zero-order valence-electron chi connectivity index (χ0n) is 10.5. The molecule has 3 heteroatoms. The Labute approximate surface area is 103 Å². The van der Waals surface area contributed by atoms with Crippen LogP contribution >= 0.6 is 0 Å². The molecule has 0 amide bonds. The highest BCUT2D eigenvalue weighted by atomic mass is 16.5. The molecule has 0 fully saturated rings. The van der Waals surface area contributed by atoms with Crippen molar-refractivity contribution in [2.24, 2.45) is 5.73 Å². The number of aliphatic hydroxyl groups is 1. The first kappa shape index (κ1) is 12.4. The normalized spacial score (nSPS) is 23.2. The van der Waals surface area contributed by atoms with E-state index in [1.807, 2.05) is 25.1 Å². The van der Waals surface area contributed by atoms with Crippen LogP contribution in [-0.2, 0) is 6.42 Å². The summed E-state index contributed by atoms with van der Waals surface area (Å²) < 4.78 is 5.84. The van der Waals surface area contributed by atoms with Gasteiger partial charge >= 0.3 is 0 Å². The van der Waals surface area contributed by atoms with Gasteiger partial charge in [0.15, 0.2) is 0 Å². The van der Waals surface area contributed by atoms with Gasteiger partial charge in [-0.3, -0.25) is 0 Å². The molecule has 1 heterocycles. The fourth-order valence-electron chi connectivity index (χ4n) is 2.25. The molecule has 1 aliphatic heterocycles. The topological polar surface area (TPSA) is 55.5 Å². The van der Waals surface area contributed by atoms with Crippen LogP contribution in [-0.4, -0.2) is 17.3 Å².